The third kappa shape index (κ3) is 3.31. The number of rotatable bonds is 4. The molecule has 1 atom stereocenters. The van der Waals surface area contributed by atoms with Gasteiger partial charge in [-0.15, -0.1) is 0 Å². The van der Waals surface area contributed by atoms with Crippen LogP contribution in [-0.2, 0) is 11.2 Å². The summed E-state index contributed by atoms with van der Waals surface area (Å²) in [6.45, 7) is 1.90. The number of nitrogens with one attached hydrogen (secondary N) is 1. The third-order valence-corrected chi connectivity index (χ3v) is 5.29. The van der Waals surface area contributed by atoms with Gasteiger partial charge in [0.15, 0.2) is 0 Å². The van der Waals surface area contributed by atoms with Crippen molar-refractivity contribution in [1.82, 2.24) is 10.2 Å². The molecule has 0 aliphatic carbocycles. The molecule has 2 amide bonds. The number of allylic oxidation sites excluding steroid dienone is 2. The fourth-order valence-electron chi connectivity index (χ4n) is 3.33. The molecular formula is C22H18BrN3O2. The molecule has 4 rings (SSSR count). The molecule has 2 heterocycles. The highest BCUT2D eigenvalue weighted by molar-refractivity contribution is 9.10. The number of amidine groups is 1. The molecule has 0 saturated heterocycles. The Bertz CT molecular complexity index is 1030. The van der Waals surface area contributed by atoms with Gasteiger partial charge < -0.3 is 5.32 Å². The Hall–Kier alpha value is -2.99. The average molecular weight is 436 g/mol. The van der Waals surface area contributed by atoms with Gasteiger partial charge in [-0.1, -0.05) is 52.3 Å². The van der Waals surface area contributed by atoms with Crippen molar-refractivity contribution < 1.29 is 9.59 Å². The van der Waals surface area contributed by atoms with Crippen molar-refractivity contribution in [3.05, 3.63) is 94.1 Å². The normalized spacial score (nSPS) is 20.5. The third-order valence-electron chi connectivity index (χ3n) is 4.76. The van der Waals surface area contributed by atoms with Crippen molar-refractivity contribution in [3.63, 3.8) is 0 Å². The summed E-state index contributed by atoms with van der Waals surface area (Å²) in [4.78, 5) is 32.5. The van der Waals surface area contributed by atoms with Gasteiger partial charge in [-0.05, 0) is 48.4 Å². The number of hydrogen-bond donors (Lipinski definition) is 1. The minimum atomic E-state index is -1.39. The molecule has 2 aromatic carbocycles. The van der Waals surface area contributed by atoms with Gasteiger partial charge in [0.05, 0.1) is 0 Å². The predicted molar refractivity (Wildman–Crippen MR) is 112 cm³/mol. The van der Waals surface area contributed by atoms with Gasteiger partial charge in [0, 0.05) is 22.7 Å². The fraction of sp³-hybridized carbons (Fsp3) is 0.136. The van der Waals surface area contributed by atoms with E-state index in [2.05, 4.69) is 21.2 Å². The molecule has 0 fully saturated rings. The molecule has 140 valence electrons. The topological polar surface area (TPSA) is 61.8 Å². The van der Waals surface area contributed by atoms with E-state index in [0.29, 0.717) is 11.4 Å². The molecule has 0 saturated carbocycles. The van der Waals surface area contributed by atoms with Crippen molar-refractivity contribution >= 4 is 33.6 Å². The first-order valence-electron chi connectivity index (χ1n) is 8.89. The number of fused-ring (bicyclic) bond motifs is 1. The Morgan fingerprint density at radius 1 is 1.14 bits per heavy atom. The van der Waals surface area contributed by atoms with Crippen LogP contribution in [0, 0.1) is 0 Å². The van der Waals surface area contributed by atoms with E-state index in [1.165, 1.54) is 4.90 Å². The second-order valence-electron chi connectivity index (χ2n) is 6.79. The van der Waals surface area contributed by atoms with Crippen LogP contribution in [0.1, 0.15) is 22.8 Å². The Balaban J connectivity index is 1.74. The summed E-state index contributed by atoms with van der Waals surface area (Å²) in [6, 6.07) is 16.5. The zero-order valence-corrected chi connectivity index (χ0v) is 16.8. The van der Waals surface area contributed by atoms with Gasteiger partial charge in [-0.2, -0.15) is 0 Å². The van der Waals surface area contributed by atoms with Crippen LogP contribution in [0.3, 0.4) is 0 Å². The first-order chi connectivity index (χ1) is 13.5. The summed E-state index contributed by atoms with van der Waals surface area (Å²) in [7, 11) is 0. The standard InChI is InChI=1S/C22H18BrN3O2/c1-15-6-5-13-26-19(15)24-22(21(26)28,14-16-9-11-18(23)12-10-16)25-20(27)17-7-3-2-4-8-17/h2-13H,14H2,1H3,(H,25,27). The smallest absolute Gasteiger partial charge is 0.281 e. The molecule has 2 aliphatic heterocycles. The molecule has 0 aromatic heterocycles. The van der Waals surface area contributed by atoms with E-state index in [-0.39, 0.29) is 18.2 Å². The lowest BCUT2D eigenvalue weighted by Gasteiger charge is -2.27. The molecule has 5 nitrogen and oxygen atoms in total. The van der Waals surface area contributed by atoms with Crippen LogP contribution in [-0.4, -0.2) is 28.2 Å². The molecule has 0 bridgehead atoms. The summed E-state index contributed by atoms with van der Waals surface area (Å²) < 4.78 is 0.946. The summed E-state index contributed by atoms with van der Waals surface area (Å²) in [6.07, 6.45) is 5.66. The minimum absolute atomic E-state index is 0.263. The highest BCUT2D eigenvalue weighted by Gasteiger charge is 2.49. The number of carbonyl (C=O) groups excluding carboxylic acids is 2. The number of benzene rings is 2. The average Bonchev–Trinajstić information content (AvgIpc) is 2.98. The number of nitrogens with zero attached hydrogens (tertiary/aromatic N) is 2. The maximum absolute atomic E-state index is 13.4. The maximum Gasteiger partial charge on any atom is 0.281 e. The quantitative estimate of drug-likeness (QED) is 0.792. The van der Waals surface area contributed by atoms with Crippen molar-refractivity contribution in [2.24, 2.45) is 4.99 Å². The number of aliphatic imine (C=N–C) groups is 1. The SMILES string of the molecule is CC1=CC=CN2C(=O)C(Cc3ccc(Br)cc3)(NC(=O)c3ccccc3)N=C12. The minimum Gasteiger partial charge on any atom is -0.320 e. The molecule has 1 unspecified atom stereocenters. The lowest BCUT2D eigenvalue weighted by molar-refractivity contribution is -0.130. The van der Waals surface area contributed by atoms with E-state index in [4.69, 9.17) is 4.99 Å². The van der Waals surface area contributed by atoms with E-state index >= 15 is 0 Å². The zero-order valence-electron chi connectivity index (χ0n) is 15.2. The van der Waals surface area contributed by atoms with Gasteiger partial charge in [-0.3, -0.25) is 14.5 Å². The largest absolute Gasteiger partial charge is 0.320 e. The second-order valence-corrected chi connectivity index (χ2v) is 7.70. The van der Waals surface area contributed by atoms with Crippen LogP contribution in [0.25, 0.3) is 0 Å². The fourth-order valence-corrected chi connectivity index (χ4v) is 3.59. The van der Waals surface area contributed by atoms with Crippen molar-refractivity contribution in [2.45, 2.75) is 19.0 Å². The van der Waals surface area contributed by atoms with Crippen LogP contribution < -0.4 is 5.32 Å². The summed E-state index contributed by atoms with van der Waals surface area (Å²) in [5.74, 6) is -0.0303. The Kier molecular flexibility index (Phi) is 4.73. The molecule has 28 heavy (non-hydrogen) atoms. The van der Waals surface area contributed by atoms with Crippen molar-refractivity contribution in [1.29, 1.82) is 0 Å². The van der Waals surface area contributed by atoms with E-state index < -0.39 is 5.66 Å². The lowest BCUT2D eigenvalue weighted by atomic mass is 9.98. The van der Waals surface area contributed by atoms with Crippen molar-refractivity contribution in [3.8, 4) is 0 Å². The van der Waals surface area contributed by atoms with Gasteiger partial charge in [0.1, 0.15) is 5.84 Å². The van der Waals surface area contributed by atoms with Crippen LogP contribution in [0.2, 0.25) is 0 Å². The van der Waals surface area contributed by atoms with E-state index in [9.17, 15) is 9.59 Å². The van der Waals surface area contributed by atoms with Crippen LogP contribution in [0.15, 0.2) is 88.0 Å². The maximum atomic E-state index is 13.4. The highest BCUT2D eigenvalue weighted by Crippen LogP contribution is 2.30. The van der Waals surface area contributed by atoms with Crippen LogP contribution in [0.4, 0.5) is 0 Å². The molecular weight excluding hydrogens is 418 g/mol. The van der Waals surface area contributed by atoms with E-state index in [1.54, 1.807) is 36.5 Å². The number of amides is 2. The zero-order chi connectivity index (χ0) is 19.7. The Labute approximate surface area is 171 Å². The summed E-state index contributed by atoms with van der Waals surface area (Å²) in [5.41, 5.74) is 0.875. The molecule has 2 aromatic rings. The van der Waals surface area contributed by atoms with Gasteiger partial charge >= 0.3 is 0 Å². The Morgan fingerprint density at radius 3 is 2.54 bits per heavy atom. The van der Waals surface area contributed by atoms with Gasteiger partial charge in [0.2, 0.25) is 5.66 Å². The summed E-state index contributed by atoms with van der Waals surface area (Å²) in [5, 5.41) is 2.91. The Morgan fingerprint density at radius 2 is 1.86 bits per heavy atom. The molecule has 2 aliphatic rings. The van der Waals surface area contributed by atoms with Gasteiger partial charge in [0.25, 0.3) is 11.8 Å². The second kappa shape index (κ2) is 7.20. The first kappa shape index (κ1) is 18.4. The lowest BCUT2D eigenvalue weighted by Crippen LogP contribution is -2.55. The number of hydrogen-bond acceptors (Lipinski definition) is 3. The predicted octanol–water partition coefficient (Wildman–Crippen LogP) is 3.83. The monoisotopic (exact) mass is 435 g/mol. The molecule has 0 spiro atoms. The first-order valence-corrected chi connectivity index (χ1v) is 9.69. The van der Waals surface area contributed by atoms with E-state index in [0.717, 1.165) is 15.6 Å². The van der Waals surface area contributed by atoms with Crippen molar-refractivity contribution in [2.75, 3.05) is 0 Å². The van der Waals surface area contributed by atoms with Crippen LogP contribution in [0.5, 0.6) is 0 Å². The van der Waals surface area contributed by atoms with E-state index in [1.807, 2.05) is 43.3 Å². The molecule has 0 radical (unpaired) electrons. The highest BCUT2D eigenvalue weighted by atomic mass is 79.9. The van der Waals surface area contributed by atoms with Crippen LogP contribution >= 0.6 is 15.9 Å². The number of halogens is 1. The molecule has 1 N–H and O–H groups in total. The number of carbonyl (C=O) groups is 2. The van der Waals surface area contributed by atoms with Gasteiger partial charge in [-0.25, -0.2) is 4.99 Å². The molecule has 6 heteroatoms. The summed E-state index contributed by atoms with van der Waals surface area (Å²) >= 11 is 3.42.